The molecule has 0 saturated heterocycles. The normalized spacial score (nSPS) is 19.2. The van der Waals surface area contributed by atoms with Gasteiger partial charge in [0.15, 0.2) is 5.82 Å². The van der Waals surface area contributed by atoms with E-state index < -0.39 is 11.6 Å². The number of anilines is 2. The van der Waals surface area contributed by atoms with E-state index in [1.54, 1.807) is 31.1 Å². The van der Waals surface area contributed by atoms with E-state index in [4.69, 9.17) is 16.3 Å². The molecule has 1 saturated carbocycles. The van der Waals surface area contributed by atoms with Crippen LogP contribution in [0.15, 0.2) is 36.1 Å². The van der Waals surface area contributed by atoms with E-state index in [1.807, 2.05) is 18.2 Å². The number of nitrogens with zero attached hydrogens (tertiary/aromatic N) is 4. The molecule has 2 heterocycles. The molecule has 172 valence electrons. The van der Waals surface area contributed by atoms with E-state index in [0.717, 1.165) is 29.3 Å². The number of rotatable bonds is 7. The number of aromatic amines is 1. The second-order valence-electron chi connectivity index (χ2n) is 8.40. The van der Waals surface area contributed by atoms with Crippen LogP contribution in [0.25, 0.3) is 16.5 Å². The number of benzene rings is 1. The van der Waals surface area contributed by atoms with E-state index in [0.29, 0.717) is 34.5 Å². The summed E-state index contributed by atoms with van der Waals surface area (Å²) in [4.78, 5) is 17.4. The van der Waals surface area contributed by atoms with Crippen LogP contribution in [0.2, 0.25) is 5.02 Å². The number of nitrogens with one attached hydrogen (secondary N) is 3. The Labute approximate surface area is 194 Å². The van der Waals surface area contributed by atoms with Crippen molar-refractivity contribution in [2.24, 2.45) is 7.05 Å². The molecule has 3 aromatic rings. The van der Waals surface area contributed by atoms with Crippen LogP contribution in [0.3, 0.4) is 0 Å². The highest BCUT2D eigenvalue weighted by molar-refractivity contribution is 6.38. The smallest absolute Gasteiger partial charge is 0.250 e. The number of methoxy groups -OCH3 is 1. The van der Waals surface area contributed by atoms with Crippen LogP contribution in [0.4, 0.5) is 11.6 Å². The Balaban J connectivity index is 1.38. The highest BCUT2D eigenvalue weighted by Crippen LogP contribution is 2.36. The van der Waals surface area contributed by atoms with E-state index in [1.165, 1.54) is 0 Å². The van der Waals surface area contributed by atoms with Gasteiger partial charge in [0.05, 0.1) is 40.7 Å². The molecule has 2 aromatic heterocycles. The van der Waals surface area contributed by atoms with Gasteiger partial charge in [0.2, 0.25) is 11.9 Å². The van der Waals surface area contributed by atoms with Crippen molar-refractivity contribution in [1.29, 1.82) is 0 Å². The monoisotopic (exact) mass is 469 g/mol. The number of carbonyl (C=O) groups excluding carboxylic acids is 1. The Morgan fingerprint density at radius 3 is 2.94 bits per heavy atom. The molecule has 1 aromatic carbocycles. The molecule has 2 aliphatic carbocycles. The van der Waals surface area contributed by atoms with Crippen LogP contribution < -0.4 is 10.6 Å². The third kappa shape index (κ3) is 4.01. The molecular formula is C22H24ClN7O3. The van der Waals surface area contributed by atoms with Crippen molar-refractivity contribution in [3.05, 3.63) is 46.9 Å². The predicted molar refractivity (Wildman–Crippen MR) is 124 cm³/mol. The van der Waals surface area contributed by atoms with E-state index in [-0.39, 0.29) is 12.5 Å². The number of aliphatic hydroxyl groups excluding tert-OH is 1. The molecule has 0 bridgehead atoms. The molecule has 11 heteroatoms. The second kappa shape index (κ2) is 8.29. The number of hydrogen-bond acceptors (Lipinski definition) is 7. The topological polar surface area (TPSA) is 130 Å². The van der Waals surface area contributed by atoms with Gasteiger partial charge in [-0.1, -0.05) is 23.8 Å². The summed E-state index contributed by atoms with van der Waals surface area (Å²) in [6, 6.07) is 3.74. The van der Waals surface area contributed by atoms with E-state index in [9.17, 15) is 9.90 Å². The summed E-state index contributed by atoms with van der Waals surface area (Å²) in [6.45, 7) is -0.0596. The van der Waals surface area contributed by atoms with E-state index in [2.05, 4.69) is 30.9 Å². The molecule has 1 unspecified atom stereocenters. The van der Waals surface area contributed by atoms with Crippen molar-refractivity contribution in [1.82, 2.24) is 30.3 Å². The zero-order valence-electron chi connectivity index (χ0n) is 18.2. The van der Waals surface area contributed by atoms with E-state index >= 15 is 0 Å². The molecule has 33 heavy (non-hydrogen) atoms. The Hall–Kier alpha value is -3.21. The summed E-state index contributed by atoms with van der Waals surface area (Å²) in [5.41, 5.74) is 2.43. The van der Waals surface area contributed by atoms with Crippen LogP contribution in [-0.2, 0) is 16.6 Å². The Morgan fingerprint density at radius 2 is 2.21 bits per heavy atom. The average molecular weight is 470 g/mol. The summed E-state index contributed by atoms with van der Waals surface area (Å²) in [7, 11) is 3.36. The molecule has 2 aliphatic rings. The number of aromatic nitrogens is 5. The number of aliphatic hydroxyl groups is 1. The molecule has 5 rings (SSSR count). The maximum Gasteiger partial charge on any atom is 0.250 e. The summed E-state index contributed by atoms with van der Waals surface area (Å²) < 4.78 is 7.23. The Bertz CT molecular complexity index is 1290. The Kier molecular flexibility index (Phi) is 5.43. The van der Waals surface area contributed by atoms with Crippen molar-refractivity contribution in [2.75, 3.05) is 19.0 Å². The van der Waals surface area contributed by atoms with Crippen LogP contribution >= 0.6 is 11.6 Å². The lowest BCUT2D eigenvalue weighted by atomic mass is 9.94. The lowest BCUT2D eigenvalue weighted by Gasteiger charge is -2.24. The minimum atomic E-state index is -0.482. The number of ether oxygens (including phenoxy) is 1. The molecule has 0 radical (unpaired) electrons. The van der Waals surface area contributed by atoms with Crippen molar-refractivity contribution < 1.29 is 14.6 Å². The molecule has 10 nitrogen and oxygen atoms in total. The maximum atomic E-state index is 12.7. The molecule has 4 N–H and O–H groups in total. The number of halogens is 1. The number of allylic oxidation sites excluding steroid dienone is 2. The summed E-state index contributed by atoms with van der Waals surface area (Å²) in [6.07, 6.45) is 6.84. The zero-order chi connectivity index (χ0) is 23.2. The molecule has 0 spiro atoms. The first kappa shape index (κ1) is 21.6. The van der Waals surface area contributed by atoms with Crippen LogP contribution in [0.1, 0.15) is 25.1 Å². The zero-order valence-corrected chi connectivity index (χ0v) is 19.0. The van der Waals surface area contributed by atoms with Gasteiger partial charge in [0.25, 0.3) is 0 Å². The fourth-order valence-corrected chi connectivity index (χ4v) is 4.15. The minimum Gasteiger partial charge on any atom is -0.394 e. The minimum absolute atomic E-state index is 0.0596. The fourth-order valence-electron chi connectivity index (χ4n) is 3.89. The lowest BCUT2D eigenvalue weighted by molar-refractivity contribution is -0.120. The quantitative estimate of drug-likeness (QED) is 0.418. The average Bonchev–Trinajstić information content (AvgIpc) is 3.24. The Morgan fingerprint density at radius 1 is 1.39 bits per heavy atom. The first-order chi connectivity index (χ1) is 15.9. The van der Waals surface area contributed by atoms with Gasteiger partial charge in [-0.3, -0.25) is 9.89 Å². The number of amides is 1. The van der Waals surface area contributed by atoms with Gasteiger partial charge in [-0.15, -0.1) is 5.10 Å². The fraction of sp³-hybridized carbons (Fsp3) is 0.364. The van der Waals surface area contributed by atoms with Crippen LogP contribution in [0, 0.1) is 0 Å². The first-order valence-electron chi connectivity index (χ1n) is 10.6. The highest BCUT2D eigenvalue weighted by Gasteiger charge is 2.44. The predicted octanol–water partition coefficient (Wildman–Crippen LogP) is 2.46. The summed E-state index contributed by atoms with van der Waals surface area (Å²) in [5.74, 6) is 0.840. The van der Waals surface area contributed by atoms with Crippen LogP contribution in [-0.4, -0.2) is 61.3 Å². The van der Waals surface area contributed by atoms with Crippen molar-refractivity contribution in [3.8, 4) is 0 Å². The van der Waals surface area contributed by atoms with Crippen LogP contribution in [0.5, 0.6) is 0 Å². The van der Waals surface area contributed by atoms with Crippen molar-refractivity contribution in [3.63, 3.8) is 0 Å². The molecular weight excluding hydrogens is 446 g/mol. The highest BCUT2D eigenvalue weighted by atomic mass is 35.5. The van der Waals surface area contributed by atoms with Gasteiger partial charge in [0, 0.05) is 37.1 Å². The van der Waals surface area contributed by atoms with Gasteiger partial charge < -0.3 is 20.5 Å². The van der Waals surface area contributed by atoms with Gasteiger partial charge >= 0.3 is 0 Å². The SMILES string of the molecule is COC1CC(c2nc(Nc3ccc4[nH]ncc4c3Cl)n(C)n2)=CC=C1C(=O)NC1(CO)CC1. The second-order valence-corrected chi connectivity index (χ2v) is 8.78. The largest absolute Gasteiger partial charge is 0.394 e. The van der Waals surface area contributed by atoms with Gasteiger partial charge in [-0.25, -0.2) is 4.68 Å². The van der Waals surface area contributed by atoms with Gasteiger partial charge in [0.1, 0.15) is 0 Å². The third-order valence-electron chi connectivity index (χ3n) is 6.15. The number of aryl methyl sites for hydroxylation is 1. The number of fused-ring (bicyclic) bond motifs is 1. The summed E-state index contributed by atoms with van der Waals surface area (Å²) in [5, 5.41) is 28.4. The standard InChI is InChI=1S/C22H24ClN7O3/c1-30-21(25-16-6-5-15-14(18(16)23)10-24-28-15)26-19(29-30)12-3-4-13(17(9-12)33-2)20(32)27-22(11-31)7-8-22/h3-6,10,17,31H,7-9,11H2,1-2H3,(H,24,28)(H,27,32)(H,25,26,29). The number of carbonyl (C=O) groups is 1. The number of hydrogen-bond donors (Lipinski definition) is 4. The molecule has 1 fully saturated rings. The molecule has 1 amide bonds. The first-order valence-corrected chi connectivity index (χ1v) is 11.0. The third-order valence-corrected chi connectivity index (χ3v) is 6.56. The van der Waals surface area contributed by atoms with Gasteiger partial charge in [-0.05, 0) is 25.0 Å². The number of H-pyrrole nitrogens is 1. The molecule has 0 aliphatic heterocycles. The van der Waals surface area contributed by atoms with Crippen molar-refractivity contribution in [2.45, 2.75) is 30.9 Å². The van der Waals surface area contributed by atoms with Crippen molar-refractivity contribution >= 4 is 45.6 Å². The lowest BCUT2D eigenvalue weighted by Crippen LogP contribution is -2.42. The molecule has 1 atom stereocenters. The van der Waals surface area contributed by atoms with Gasteiger partial charge in [-0.2, -0.15) is 10.1 Å². The summed E-state index contributed by atoms with van der Waals surface area (Å²) >= 11 is 6.52. The maximum absolute atomic E-state index is 12.7.